The Morgan fingerprint density at radius 3 is 2.50 bits per heavy atom. The molecule has 0 spiro atoms. The van der Waals surface area contributed by atoms with E-state index in [1.165, 1.54) is 23.9 Å². The molecule has 2 N–H and O–H groups in total. The summed E-state index contributed by atoms with van der Waals surface area (Å²) in [6, 6.07) is 6.17. The Morgan fingerprint density at radius 1 is 1.50 bits per heavy atom. The van der Waals surface area contributed by atoms with Crippen LogP contribution in [0.15, 0.2) is 29.2 Å². The first-order chi connectivity index (χ1) is 9.49. The summed E-state index contributed by atoms with van der Waals surface area (Å²) in [5.41, 5.74) is -0.874. The van der Waals surface area contributed by atoms with Crippen LogP contribution in [0, 0.1) is 16.0 Å². The van der Waals surface area contributed by atoms with Crippen LogP contribution >= 0.6 is 11.8 Å². The summed E-state index contributed by atoms with van der Waals surface area (Å²) in [6.45, 7) is 0. The van der Waals surface area contributed by atoms with Gasteiger partial charge in [0.15, 0.2) is 0 Å². The molecule has 1 fully saturated rings. The second-order valence-corrected chi connectivity index (χ2v) is 5.89. The highest BCUT2D eigenvalue weighted by Crippen LogP contribution is 2.42. The number of benzene rings is 1. The molecule has 0 aliphatic heterocycles. The van der Waals surface area contributed by atoms with Gasteiger partial charge in [0.2, 0.25) is 0 Å². The van der Waals surface area contributed by atoms with Crippen molar-refractivity contribution >= 4 is 23.4 Å². The molecule has 0 aromatic heterocycles. The van der Waals surface area contributed by atoms with E-state index in [0.29, 0.717) is 5.75 Å². The molecule has 0 saturated heterocycles. The van der Waals surface area contributed by atoms with Crippen molar-refractivity contribution in [3.8, 4) is 0 Å². The maximum Gasteiger partial charge on any atom is 0.325 e. The molecule has 1 aliphatic rings. The average Bonchev–Trinajstić information content (AvgIpc) is 3.25. The van der Waals surface area contributed by atoms with Gasteiger partial charge in [-0.25, -0.2) is 0 Å². The standard InChI is InChI=1S/C13H16N2O4S/c1-14-13(12(16)17,9-2-3-9)8-20-11-6-4-10(5-7-11)15(18)19/h4-7,9,14H,2-3,8H2,1H3,(H,16,17). The van der Waals surface area contributed by atoms with E-state index in [2.05, 4.69) is 5.32 Å². The number of hydrogen-bond donors (Lipinski definition) is 2. The zero-order chi connectivity index (χ0) is 14.8. The van der Waals surface area contributed by atoms with Crippen molar-refractivity contribution in [3.05, 3.63) is 34.4 Å². The summed E-state index contributed by atoms with van der Waals surface area (Å²) >= 11 is 1.40. The van der Waals surface area contributed by atoms with Gasteiger partial charge in [0.25, 0.3) is 5.69 Å². The molecule has 1 aromatic carbocycles. The predicted octanol–water partition coefficient (Wildman–Crippen LogP) is 2.14. The first-order valence-corrected chi connectivity index (χ1v) is 7.27. The third-order valence-electron chi connectivity index (χ3n) is 3.62. The van der Waals surface area contributed by atoms with Crippen LogP contribution in [0.1, 0.15) is 12.8 Å². The van der Waals surface area contributed by atoms with E-state index in [4.69, 9.17) is 0 Å². The lowest BCUT2D eigenvalue weighted by Gasteiger charge is -2.28. The highest BCUT2D eigenvalue weighted by molar-refractivity contribution is 7.99. The fourth-order valence-electron chi connectivity index (χ4n) is 2.17. The third kappa shape index (κ3) is 2.94. The second-order valence-electron chi connectivity index (χ2n) is 4.84. The van der Waals surface area contributed by atoms with Gasteiger partial charge in [-0.3, -0.25) is 14.9 Å². The summed E-state index contributed by atoms with van der Waals surface area (Å²) in [6.07, 6.45) is 1.85. The molecule has 6 nitrogen and oxygen atoms in total. The number of rotatable bonds is 7. The Balaban J connectivity index is 2.06. The molecule has 1 saturated carbocycles. The van der Waals surface area contributed by atoms with Gasteiger partial charge in [-0.15, -0.1) is 11.8 Å². The second kappa shape index (κ2) is 5.80. The van der Waals surface area contributed by atoms with Gasteiger partial charge in [0.1, 0.15) is 5.54 Å². The molecule has 0 bridgehead atoms. The monoisotopic (exact) mass is 296 g/mol. The number of likely N-dealkylation sites (N-methyl/N-ethyl adjacent to an activating group) is 1. The zero-order valence-electron chi connectivity index (χ0n) is 11.0. The highest BCUT2D eigenvalue weighted by atomic mass is 32.2. The molecule has 2 rings (SSSR count). The molecule has 1 unspecified atom stereocenters. The van der Waals surface area contributed by atoms with Crippen LogP contribution in [-0.2, 0) is 4.79 Å². The quantitative estimate of drug-likeness (QED) is 0.455. The van der Waals surface area contributed by atoms with Crippen LogP contribution in [0.3, 0.4) is 0 Å². The highest BCUT2D eigenvalue weighted by Gasteiger charge is 2.50. The van der Waals surface area contributed by atoms with Gasteiger partial charge in [0.05, 0.1) is 4.92 Å². The molecule has 0 amide bonds. The average molecular weight is 296 g/mol. The third-order valence-corrected chi connectivity index (χ3v) is 4.82. The maximum absolute atomic E-state index is 11.5. The fourth-order valence-corrected chi connectivity index (χ4v) is 3.40. The van der Waals surface area contributed by atoms with E-state index in [1.807, 2.05) is 0 Å². The number of carboxylic acid groups (broad SMARTS) is 1. The Hall–Kier alpha value is -1.60. The molecular weight excluding hydrogens is 280 g/mol. The van der Waals surface area contributed by atoms with Crippen molar-refractivity contribution in [2.75, 3.05) is 12.8 Å². The Bertz CT molecular complexity index is 516. The summed E-state index contributed by atoms with van der Waals surface area (Å²) in [7, 11) is 1.67. The summed E-state index contributed by atoms with van der Waals surface area (Å²) in [5.74, 6) is -0.270. The number of carboxylic acids is 1. The normalized spacial score (nSPS) is 17.4. The molecular formula is C13H16N2O4S. The number of hydrogen-bond acceptors (Lipinski definition) is 5. The minimum atomic E-state index is -0.910. The minimum absolute atomic E-state index is 0.0367. The van der Waals surface area contributed by atoms with Gasteiger partial charge in [-0.1, -0.05) is 0 Å². The van der Waals surface area contributed by atoms with Gasteiger partial charge in [-0.2, -0.15) is 0 Å². The van der Waals surface area contributed by atoms with Crippen molar-refractivity contribution in [3.63, 3.8) is 0 Å². The van der Waals surface area contributed by atoms with Gasteiger partial charge in [0, 0.05) is 22.8 Å². The maximum atomic E-state index is 11.5. The number of aliphatic carboxylic acids is 1. The van der Waals surface area contributed by atoms with Gasteiger partial charge >= 0.3 is 5.97 Å². The predicted molar refractivity (Wildman–Crippen MR) is 76.0 cm³/mol. The summed E-state index contributed by atoms with van der Waals surface area (Å²) in [4.78, 5) is 22.5. The Labute approximate surface area is 120 Å². The van der Waals surface area contributed by atoms with Crippen molar-refractivity contribution in [2.24, 2.45) is 5.92 Å². The Morgan fingerprint density at radius 2 is 2.10 bits per heavy atom. The largest absolute Gasteiger partial charge is 0.480 e. The number of thioether (sulfide) groups is 1. The number of nitrogens with one attached hydrogen (secondary N) is 1. The number of nitro benzene ring substituents is 1. The summed E-state index contributed by atoms with van der Waals surface area (Å²) in [5, 5.41) is 23.0. The first-order valence-electron chi connectivity index (χ1n) is 6.29. The molecule has 0 radical (unpaired) electrons. The zero-order valence-corrected chi connectivity index (χ0v) is 11.9. The summed E-state index contributed by atoms with van der Waals surface area (Å²) < 4.78 is 0. The van der Waals surface area contributed by atoms with Crippen LogP contribution < -0.4 is 5.32 Å². The van der Waals surface area contributed by atoms with E-state index in [1.54, 1.807) is 19.2 Å². The van der Waals surface area contributed by atoms with Crippen LogP contribution in [0.25, 0.3) is 0 Å². The van der Waals surface area contributed by atoms with Crippen molar-refractivity contribution < 1.29 is 14.8 Å². The van der Waals surface area contributed by atoms with Crippen molar-refractivity contribution in [1.29, 1.82) is 0 Å². The topological polar surface area (TPSA) is 92.5 Å². The van der Waals surface area contributed by atoms with E-state index in [0.717, 1.165) is 17.7 Å². The molecule has 7 heteroatoms. The molecule has 20 heavy (non-hydrogen) atoms. The van der Waals surface area contributed by atoms with Crippen LogP contribution in [0.4, 0.5) is 5.69 Å². The number of nitro groups is 1. The smallest absolute Gasteiger partial charge is 0.325 e. The minimum Gasteiger partial charge on any atom is -0.480 e. The molecule has 1 atom stereocenters. The molecule has 1 aromatic rings. The lowest BCUT2D eigenvalue weighted by atomic mass is 9.96. The van der Waals surface area contributed by atoms with Crippen molar-refractivity contribution in [1.82, 2.24) is 5.32 Å². The van der Waals surface area contributed by atoms with Gasteiger partial charge < -0.3 is 10.4 Å². The van der Waals surface area contributed by atoms with E-state index >= 15 is 0 Å². The van der Waals surface area contributed by atoms with Crippen LogP contribution in [0.5, 0.6) is 0 Å². The van der Waals surface area contributed by atoms with Crippen LogP contribution in [0.2, 0.25) is 0 Å². The molecule has 0 heterocycles. The van der Waals surface area contributed by atoms with E-state index < -0.39 is 16.4 Å². The van der Waals surface area contributed by atoms with E-state index in [-0.39, 0.29) is 11.6 Å². The van der Waals surface area contributed by atoms with Crippen LogP contribution in [-0.4, -0.2) is 34.3 Å². The Kier molecular flexibility index (Phi) is 4.29. The molecule has 108 valence electrons. The van der Waals surface area contributed by atoms with Gasteiger partial charge in [-0.05, 0) is 37.9 Å². The molecule has 1 aliphatic carbocycles. The lowest BCUT2D eigenvalue weighted by Crippen LogP contribution is -2.54. The fraction of sp³-hybridized carbons (Fsp3) is 0.462. The first kappa shape index (κ1) is 14.8. The van der Waals surface area contributed by atoms with E-state index in [9.17, 15) is 20.0 Å². The number of non-ortho nitro benzene ring substituents is 1. The SMILES string of the molecule is CNC(CSc1ccc([N+](=O)[O-])cc1)(C(=O)O)C1CC1. The lowest BCUT2D eigenvalue weighted by molar-refractivity contribution is -0.384. The number of nitrogens with zero attached hydrogens (tertiary/aromatic N) is 1. The number of carbonyl (C=O) groups is 1. The van der Waals surface area contributed by atoms with Crippen molar-refractivity contribution in [2.45, 2.75) is 23.3 Å².